The largest absolute Gasteiger partial charge is 0.505 e. The van der Waals surface area contributed by atoms with Crippen molar-refractivity contribution in [2.75, 3.05) is 27.1 Å². The molecule has 5 heteroatoms. The van der Waals surface area contributed by atoms with E-state index in [1.54, 1.807) is 21.3 Å². The van der Waals surface area contributed by atoms with E-state index in [-0.39, 0.29) is 5.75 Å². The van der Waals surface area contributed by atoms with Crippen LogP contribution in [0.4, 0.5) is 5.69 Å². The Morgan fingerprint density at radius 2 is 1.53 bits per heavy atom. The van der Waals surface area contributed by atoms with Crippen molar-refractivity contribution >= 4 is 5.69 Å². The number of phenolic OH excluding ortho intramolecular Hbond substituents is 1. The molecule has 0 saturated heterocycles. The molecule has 0 radical (unpaired) electrons. The van der Waals surface area contributed by atoms with Crippen LogP contribution in [-0.2, 0) is 34.0 Å². The second-order valence-corrected chi connectivity index (χ2v) is 3.73. The molecule has 0 amide bonds. The maximum atomic E-state index is 10.0. The first-order valence-corrected chi connectivity index (χ1v) is 5.24. The molecule has 0 fully saturated rings. The fourth-order valence-electron chi connectivity index (χ4n) is 1.71. The molecular weight excluding hydrogens is 222 g/mol. The molecule has 1 rings (SSSR count). The van der Waals surface area contributed by atoms with Gasteiger partial charge in [0.15, 0.2) is 0 Å². The average molecular weight is 241 g/mol. The molecule has 0 aliphatic rings. The second-order valence-electron chi connectivity index (χ2n) is 3.73. The van der Waals surface area contributed by atoms with E-state index >= 15 is 0 Å². The van der Waals surface area contributed by atoms with Gasteiger partial charge < -0.3 is 25.1 Å². The summed E-state index contributed by atoms with van der Waals surface area (Å²) in [7, 11) is 4.74. The Morgan fingerprint density at radius 1 is 1.00 bits per heavy atom. The normalized spacial score (nSPS) is 10.8. The second kappa shape index (κ2) is 6.44. The Morgan fingerprint density at radius 3 is 2.06 bits per heavy atom. The quantitative estimate of drug-likeness (QED) is 0.582. The van der Waals surface area contributed by atoms with Gasteiger partial charge in [0.05, 0.1) is 25.5 Å². The predicted octanol–water partition coefficient (Wildman–Crippen LogP) is 1.41. The predicted molar refractivity (Wildman–Crippen MR) is 64.7 cm³/mol. The van der Waals surface area contributed by atoms with E-state index in [1.165, 1.54) is 0 Å². The number of methoxy groups -OCH3 is 3. The lowest BCUT2D eigenvalue weighted by Crippen LogP contribution is -2.05. The van der Waals surface area contributed by atoms with Crippen LogP contribution < -0.4 is 5.73 Å². The lowest BCUT2D eigenvalue weighted by molar-refractivity contribution is 0.164. The summed E-state index contributed by atoms with van der Waals surface area (Å²) in [5.41, 5.74) is 8.43. The third-order valence-corrected chi connectivity index (χ3v) is 2.51. The average Bonchev–Trinajstić information content (AvgIpc) is 2.31. The van der Waals surface area contributed by atoms with E-state index in [9.17, 15) is 5.11 Å². The Kier molecular flexibility index (Phi) is 5.21. The molecule has 0 heterocycles. The Hall–Kier alpha value is -1.30. The summed E-state index contributed by atoms with van der Waals surface area (Å²) in [6.07, 6.45) is 0. The van der Waals surface area contributed by atoms with Crippen LogP contribution in [0.1, 0.15) is 16.7 Å². The van der Waals surface area contributed by atoms with Crippen LogP contribution in [0.15, 0.2) is 6.07 Å². The van der Waals surface area contributed by atoms with E-state index in [4.69, 9.17) is 19.9 Å². The molecule has 0 aromatic heterocycles. The number of benzene rings is 1. The van der Waals surface area contributed by atoms with E-state index < -0.39 is 0 Å². The highest BCUT2D eigenvalue weighted by molar-refractivity contribution is 5.63. The topological polar surface area (TPSA) is 73.9 Å². The summed E-state index contributed by atoms with van der Waals surface area (Å²) in [4.78, 5) is 0. The Labute approximate surface area is 101 Å². The Balaban J connectivity index is 3.23. The fraction of sp³-hybridized carbons (Fsp3) is 0.500. The summed E-state index contributed by atoms with van der Waals surface area (Å²) < 4.78 is 15.2. The van der Waals surface area contributed by atoms with Gasteiger partial charge >= 0.3 is 0 Å². The van der Waals surface area contributed by atoms with Gasteiger partial charge in [0.1, 0.15) is 5.75 Å². The van der Waals surface area contributed by atoms with Crippen molar-refractivity contribution in [2.45, 2.75) is 19.8 Å². The summed E-state index contributed by atoms with van der Waals surface area (Å²) in [5, 5.41) is 10.0. The van der Waals surface area contributed by atoms with Crippen LogP contribution in [0.5, 0.6) is 5.75 Å². The first-order valence-electron chi connectivity index (χ1n) is 5.24. The fourth-order valence-corrected chi connectivity index (χ4v) is 1.71. The van der Waals surface area contributed by atoms with E-state index in [0.717, 1.165) is 11.1 Å². The van der Waals surface area contributed by atoms with Crippen molar-refractivity contribution in [1.82, 2.24) is 0 Å². The number of aromatic hydroxyl groups is 1. The molecular formula is C12H19NO4. The van der Waals surface area contributed by atoms with Gasteiger partial charge in [0, 0.05) is 32.5 Å². The number of phenols is 1. The van der Waals surface area contributed by atoms with Gasteiger partial charge in [-0.2, -0.15) is 0 Å². The molecule has 17 heavy (non-hydrogen) atoms. The van der Waals surface area contributed by atoms with Crippen molar-refractivity contribution in [1.29, 1.82) is 0 Å². The lowest BCUT2D eigenvalue weighted by atomic mass is 10.0. The number of ether oxygens (including phenoxy) is 3. The van der Waals surface area contributed by atoms with Crippen LogP contribution in [0, 0.1) is 0 Å². The molecule has 0 aliphatic carbocycles. The number of anilines is 1. The molecule has 0 aliphatic heterocycles. The number of nitrogens with two attached hydrogens (primary N) is 1. The molecule has 0 unspecified atom stereocenters. The minimum absolute atomic E-state index is 0.0495. The van der Waals surface area contributed by atoms with E-state index in [0.29, 0.717) is 31.1 Å². The number of hydrogen-bond donors (Lipinski definition) is 2. The standard InChI is InChI=1S/C12H19NO4/c1-15-5-8-4-9(6-16-2)11(13)12(14)10(8)7-17-3/h4,14H,5-7,13H2,1-3H3. The summed E-state index contributed by atoms with van der Waals surface area (Å²) in [5.74, 6) is 0.0495. The number of rotatable bonds is 6. The first kappa shape index (κ1) is 13.8. The van der Waals surface area contributed by atoms with Gasteiger partial charge in [-0.15, -0.1) is 0 Å². The molecule has 0 bridgehead atoms. The minimum atomic E-state index is 0.0495. The molecule has 3 N–H and O–H groups in total. The van der Waals surface area contributed by atoms with Gasteiger partial charge in [-0.25, -0.2) is 0 Å². The third-order valence-electron chi connectivity index (χ3n) is 2.51. The van der Waals surface area contributed by atoms with Crippen molar-refractivity contribution in [3.05, 3.63) is 22.8 Å². The van der Waals surface area contributed by atoms with Gasteiger partial charge in [0.2, 0.25) is 0 Å². The smallest absolute Gasteiger partial charge is 0.144 e. The maximum Gasteiger partial charge on any atom is 0.144 e. The molecule has 96 valence electrons. The Bertz CT molecular complexity index is 379. The molecule has 1 aromatic carbocycles. The number of hydrogen-bond acceptors (Lipinski definition) is 5. The lowest BCUT2D eigenvalue weighted by Gasteiger charge is -2.15. The zero-order chi connectivity index (χ0) is 12.8. The third kappa shape index (κ3) is 3.09. The van der Waals surface area contributed by atoms with Crippen molar-refractivity contribution in [2.24, 2.45) is 0 Å². The number of nitrogen functional groups attached to an aromatic ring is 1. The summed E-state index contributed by atoms with van der Waals surface area (Å²) in [6.45, 7) is 1.04. The van der Waals surface area contributed by atoms with Gasteiger partial charge in [-0.1, -0.05) is 0 Å². The van der Waals surface area contributed by atoms with Crippen molar-refractivity contribution in [3.63, 3.8) is 0 Å². The highest BCUT2D eigenvalue weighted by Gasteiger charge is 2.15. The molecule has 5 nitrogen and oxygen atoms in total. The van der Waals surface area contributed by atoms with Crippen molar-refractivity contribution in [3.8, 4) is 5.75 Å². The van der Waals surface area contributed by atoms with Gasteiger partial charge in [-0.05, 0) is 11.6 Å². The first-order chi connectivity index (χ1) is 8.15. The van der Waals surface area contributed by atoms with Crippen LogP contribution in [0.25, 0.3) is 0 Å². The molecule has 0 saturated carbocycles. The highest BCUT2D eigenvalue weighted by Crippen LogP contribution is 2.33. The van der Waals surface area contributed by atoms with Gasteiger partial charge in [0.25, 0.3) is 0 Å². The minimum Gasteiger partial charge on any atom is -0.505 e. The SMILES string of the molecule is COCc1cc(COC)c(COC)c(O)c1N. The van der Waals surface area contributed by atoms with E-state index in [2.05, 4.69) is 0 Å². The van der Waals surface area contributed by atoms with Crippen molar-refractivity contribution < 1.29 is 19.3 Å². The van der Waals surface area contributed by atoms with Crippen LogP contribution >= 0.6 is 0 Å². The van der Waals surface area contributed by atoms with Crippen LogP contribution in [0.2, 0.25) is 0 Å². The summed E-state index contributed by atoms with van der Waals surface area (Å²) >= 11 is 0. The zero-order valence-electron chi connectivity index (χ0n) is 10.4. The van der Waals surface area contributed by atoms with Crippen LogP contribution in [0.3, 0.4) is 0 Å². The molecule has 1 aromatic rings. The van der Waals surface area contributed by atoms with Crippen LogP contribution in [-0.4, -0.2) is 26.4 Å². The molecule has 0 atom stereocenters. The zero-order valence-corrected chi connectivity index (χ0v) is 10.4. The highest BCUT2D eigenvalue weighted by atomic mass is 16.5. The maximum absolute atomic E-state index is 10.0. The van der Waals surface area contributed by atoms with E-state index in [1.807, 2.05) is 6.07 Å². The molecule has 0 spiro atoms. The van der Waals surface area contributed by atoms with Gasteiger partial charge in [-0.3, -0.25) is 0 Å². The monoisotopic (exact) mass is 241 g/mol. The summed E-state index contributed by atoms with van der Waals surface area (Å²) in [6, 6.07) is 1.87.